The number of hydrogen-bond donors (Lipinski definition) is 17. The molecule has 11 bridgehead atoms. The molecular weight excluding hydrogens is 1340 g/mol. The zero-order chi connectivity index (χ0) is 72.0. The molecule has 2 fully saturated rings. The number of nitrogens with one attached hydrogen (secondary N) is 6. The van der Waals surface area contributed by atoms with E-state index in [9.17, 15) is 69.9 Å². The molecule has 99 heavy (non-hydrogen) atoms. The third-order valence-corrected chi connectivity index (χ3v) is 18.2. The number of halogens is 2. The van der Waals surface area contributed by atoms with E-state index in [0.29, 0.717) is 6.42 Å². The summed E-state index contributed by atoms with van der Waals surface area (Å²) in [5, 5.41) is 117. The molecule has 0 aromatic heterocycles. The van der Waals surface area contributed by atoms with Gasteiger partial charge in [0.2, 0.25) is 53.4 Å². The van der Waals surface area contributed by atoms with E-state index < -0.39 is 209 Å². The topological polar surface area (TPSA) is 498 Å². The minimum atomic E-state index is -2.31. The summed E-state index contributed by atoms with van der Waals surface area (Å²) in [6, 6.07) is 1.66. The van der Waals surface area contributed by atoms with Crippen LogP contribution in [0.2, 0.25) is 10.0 Å². The van der Waals surface area contributed by atoms with E-state index in [2.05, 4.69) is 31.9 Å². The molecule has 5 aromatic carbocycles. The van der Waals surface area contributed by atoms with Crippen LogP contribution in [0.3, 0.4) is 0 Å². The molecule has 19 N–H and O–H groups in total. The standard InChI is InChI=1S/C66H74Cl2N8O23/c1-24(2)12-25(3)59(88)75-50-52(83)28-7-10-40(34(67)14-28)95-42-16-30-17-43(56(42)99-65-57(55(86)54(85)44(23-78)97-65)98-46-21-66(5,70)58(87)26(4)94-46)96-41-11-8-29(15-35(41)68)53(84)51-64(93)72-37(22-77)32-18-31(79)19-39(81)47(32)33-13-27(6-9-38(33)80)48(61(90)76-51)74-62(91)49(30)73-60(89)36(20-45(69)82)71-63(50)92/h6-11,13-19,22,24-26,36-37,44,46,48-55,57-58,65,78-81,83-87H,12,20-21,23,70H2,1-5H3,(H2,69,82)(H,71,92)(H,72,93)(H,73,89)(H,74,91)(H,75,88)(H,76,90)/t25-,26?,36+,37-,44?,46?,48-,49-,50-,51+,52-,53-,54?,55?,57?,58?,65?,66?/m1/s1. The average Bonchev–Trinajstić information content (AvgIpc) is 0.772. The number of aliphatic hydroxyl groups is 6. The average molecular weight is 1420 g/mol. The molecule has 12 rings (SSSR count). The summed E-state index contributed by atoms with van der Waals surface area (Å²) in [4.78, 5) is 116. The molecule has 0 saturated carbocycles. The lowest BCUT2D eigenvalue weighted by molar-refractivity contribution is -0.333. The number of nitrogens with two attached hydrogens (primary N) is 2. The zero-order valence-corrected chi connectivity index (χ0v) is 55.0. The maximum absolute atomic E-state index is 16.0. The number of benzene rings is 5. The number of aldehydes is 1. The van der Waals surface area contributed by atoms with Gasteiger partial charge in [-0.15, -0.1) is 0 Å². The van der Waals surface area contributed by atoms with Gasteiger partial charge in [0.25, 0.3) is 0 Å². The van der Waals surface area contributed by atoms with Crippen LogP contribution in [0.4, 0.5) is 0 Å². The van der Waals surface area contributed by atoms with Crippen molar-refractivity contribution in [2.24, 2.45) is 23.3 Å². The number of amides is 7. The third-order valence-electron chi connectivity index (χ3n) is 17.6. The van der Waals surface area contributed by atoms with Gasteiger partial charge in [-0.25, -0.2) is 0 Å². The summed E-state index contributed by atoms with van der Waals surface area (Å²) in [6.45, 7) is 7.31. The molecule has 7 amide bonds. The Morgan fingerprint density at radius 2 is 1.32 bits per heavy atom. The molecule has 530 valence electrons. The fourth-order valence-corrected chi connectivity index (χ4v) is 12.9. The summed E-state index contributed by atoms with van der Waals surface area (Å²) >= 11 is 14.1. The third kappa shape index (κ3) is 15.4. The van der Waals surface area contributed by atoms with Crippen LogP contribution in [0.5, 0.6) is 46.0 Å². The molecule has 0 aliphatic carbocycles. The number of phenols is 3. The van der Waals surface area contributed by atoms with Gasteiger partial charge < -0.3 is 123 Å². The Morgan fingerprint density at radius 3 is 1.92 bits per heavy atom. The highest BCUT2D eigenvalue weighted by Crippen LogP contribution is 2.50. The van der Waals surface area contributed by atoms with E-state index in [1.54, 1.807) is 6.92 Å². The SMILES string of the molecule is CC(C)C[C@@H](C)C(=O)N[C@H]1C(=O)N[C@@H](CC(N)=O)C(=O)N[C@H]2C(=O)N[C@H]3C(=O)N[C@H](C(=O)N[C@H](C=O)c4cc(O)cc(O)c4-c4cc3ccc4O)[C@H](O)c3ccc(c(Cl)c3)Oc3cc2cc(c3OC2OC(CO)C(O)C(O)C2OC2CC(C)(N)C(O)C(C)O2)Oc2ccc(cc2Cl)[C@H]1O. The summed E-state index contributed by atoms with van der Waals surface area (Å²) in [5.41, 5.74) is 8.69. The van der Waals surface area contributed by atoms with Crippen LogP contribution in [0.1, 0.15) is 112 Å². The van der Waals surface area contributed by atoms with E-state index in [1.807, 2.05) is 13.8 Å². The Morgan fingerprint density at radius 1 is 0.717 bits per heavy atom. The van der Waals surface area contributed by atoms with Gasteiger partial charge in [0.1, 0.15) is 102 Å². The molecule has 18 atom stereocenters. The molecule has 7 heterocycles. The van der Waals surface area contributed by atoms with Gasteiger partial charge in [-0.3, -0.25) is 33.6 Å². The lowest BCUT2D eigenvalue weighted by atomic mass is 9.86. The number of aliphatic hydroxyl groups excluding tert-OH is 6. The van der Waals surface area contributed by atoms with Crippen LogP contribution in [0, 0.1) is 11.8 Å². The number of ether oxygens (including phenoxy) is 6. The van der Waals surface area contributed by atoms with E-state index >= 15 is 14.4 Å². The van der Waals surface area contributed by atoms with Crippen molar-refractivity contribution in [3.8, 4) is 57.1 Å². The van der Waals surface area contributed by atoms with E-state index in [1.165, 1.54) is 32.0 Å². The lowest BCUT2D eigenvalue weighted by Crippen LogP contribution is -2.64. The second-order valence-electron chi connectivity index (χ2n) is 25.6. The Hall–Kier alpha value is -8.96. The maximum atomic E-state index is 16.0. The van der Waals surface area contributed by atoms with Gasteiger partial charge in [-0.05, 0) is 109 Å². The Kier molecular flexibility index (Phi) is 21.7. The molecule has 7 aliphatic rings. The quantitative estimate of drug-likeness (QED) is 0.0782. The van der Waals surface area contributed by atoms with Gasteiger partial charge in [-0.2, -0.15) is 0 Å². The molecule has 5 aromatic rings. The highest BCUT2D eigenvalue weighted by Gasteiger charge is 2.51. The van der Waals surface area contributed by atoms with E-state index in [4.69, 9.17) is 63.1 Å². The number of carbonyl (C=O) groups is 8. The van der Waals surface area contributed by atoms with Crippen LogP contribution >= 0.6 is 23.2 Å². The largest absolute Gasteiger partial charge is 0.508 e. The van der Waals surface area contributed by atoms with Crippen LogP contribution in [-0.2, 0) is 52.6 Å². The van der Waals surface area contributed by atoms with Crippen molar-refractivity contribution in [3.05, 3.63) is 117 Å². The number of phenolic OH excluding ortho intramolecular Hbond substituents is 3. The summed E-state index contributed by atoms with van der Waals surface area (Å²) in [5.74, 6) is -14.0. The summed E-state index contributed by atoms with van der Waals surface area (Å²) < 4.78 is 38.3. The van der Waals surface area contributed by atoms with Crippen molar-refractivity contribution in [2.45, 2.75) is 157 Å². The first-order valence-electron chi connectivity index (χ1n) is 31.3. The number of aromatic hydroxyl groups is 3. The van der Waals surface area contributed by atoms with Crippen LogP contribution in [-0.4, -0.2) is 173 Å². The van der Waals surface area contributed by atoms with Gasteiger partial charge in [-0.1, -0.05) is 62.2 Å². The number of primary amides is 1. The van der Waals surface area contributed by atoms with Crippen molar-refractivity contribution >= 4 is 70.8 Å². The summed E-state index contributed by atoms with van der Waals surface area (Å²) in [6.07, 6.45) is -18.0. The smallest absolute Gasteiger partial charge is 0.248 e. The highest BCUT2D eigenvalue weighted by molar-refractivity contribution is 6.32. The first-order valence-corrected chi connectivity index (χ1v) is 32.0. The number of fused-ring (bicyclic) bond motifs is 15. The maximum Gasteiger partial charge on any atom is 0.248 e. The minimum Gasteiger partial charge on any atom is -0.508 e. The molecule has 7 aliphatic heterocycles. The highest BCUT2D eigenvalue weighted by atomic mass is 35.5. The molecule has 0 radical (unpaired) electrons. The minimum absolute atomic E-state index is 0.0315. The molecule has 0 spiro atoms. The van der Waals surface area contributed by atoms with Crippen LogP contribution in [0.25, 0.3) is 11.1 Å². The monoisotopic (exact) mass is 1420 g/mol. The van der Waals surface area contributed by atoms with Crippen LogP contribution in [0.15, 0.2) is 78.9 Å². The van der Waals surface area contributed by atoms with Crippen molar-refractivity contribution in [1.82, 2.24) is 31.9 Å². The number of carbonyl (C=O) groups excluding carboxylic acids is 8. The Labute approximate surface area is 573 Å². The van der Waals surface area contributed by atoms with Gasteiger partial charge in [0.05, 0.1) is 35.3 Å². The number of hydrogen-bond acceptors (Lipinski definition) is 24. The second-order valence-corrected chi connectivity index (χ2v) is 26.4. The first kappa shape index (κ1) is 72.8. The van der Waals surface area contributed by atoms with E-state index in [0.717, 1.165) is 60.7 Å². The van der Waals surface area contributed by atoms with Crippen molar-refractivity contribution in [2.75, 3.05) is 6.61 Å². The van der Waals surface area contributed by atoms with Crippen molar-refractivity contribution < 1.29 is 113 Å². The van der Waals surface area contributed by atoms with Crippen molar-refractivity contribution in [3.63, 3.8) is 0 Å². The van der Waals surface area contributed by atoms with Crippen molar-refractivity contribution in [1.29, 1.82) is 0 Å². The Bertz CT molecular complexity index is 4000. The molecule has 2 saturated heterocycles. The molecule has 31 nitrogen and oxygen atoms in total. The fourth-order valence-electron chi connectivity index (χ4n) is 12.5. The first-order chi connectivity index (χ1) is 46.7. The lowest BCUT2D eigenvalue weighted by Gasteiger charge is -2.47. The second kappa shape index (κ2) is 29.5. The molecular formula is C66H74Cl2N8O23. The number of rotatable bonds is 12. The van der Waals surface area contributed by atoms with Gasteiger partial charge in [0.15, 0.2) is 23.9 Å². The molecule has 9 unspecified atom stereocenters. The van der Waals surface area contributed by atoms with E-state index in [-0.39, 0.29) is 68.5 Å². The van der Waals surface area contributed by atoms with Crippen LogP contribution < -0.4 is 57.6 Å². The predicted molar refractivity (Wildman–Crippen MR) is 344 cm³/mol. The molecule has 33 heteroatoms. The predicted octanol–water partition coefficient (Wildman–Crippen LogP) is 1.27. The Balaban J connectivity index is 1.24. The fraction of sp³-hybridized carbons (Fsp3) is 0.424. The van der Waals surface area contributed by atoms with Gasteiger partial charge in [0, 0.05) is 35.1 Å². The van der Waals surface area contributed by atoms with Gasteiger partial charge >= 0.3 is 0 Å². The zero-order valence-electron chi connectivity index (χ0n) is 53.5. The normalized spacial score (nSPS) is 29.8. The summed E-state index contributed by atoms with van der Waals surface area (Å²) in [7, 11) is 0.